The zero-order valence-corrected chi connectivity index (χ0v) is 12.9. The van der Waals surface area contributed by atoms with E-state index in [-0.39, 0.29) is 11.5 Å². The van der Waals surface area contributed by atoms with Crippen molar-refractivity contribution in [1.29, 1.82) is 0 Å². The van der Waals surface area contributed by atoms with E-state index < -0.39 is 0 Å². The second-order valence-electron chi connectivity index (χ2n) is 7.77. The number of nitrogens with zero attached hydrogens (tertiary/aromatic N) is 2. The maximum atomic E-state index is 6.16. The van der Waals surface area contributed by atoms with E-state index in [9.17, 15) is 0 Å². The van der Waals surface area contributed by atoms with E-state index in [0.29, 0.717) is 17.2 Å². The van der Waals surface area contributed by atoms with Crippen LogP contribution in [0.5, 0.6) is 0 Å². The SMILES string of the molecule is CC1(C)CCC(c2noc([C@@H](N)C(C)(C)C)n2)CC1. The lowest BCUT2D eigenvalue weighted by Crippen LogP contribution is -2.26. The van der Waals surface area contributed by atoms with Crippen LogP contribution in [0.2, 0.25) is 0 Å². The van der Waals surface area contributed by atoms with Gasteiger partial charge in [0.25, 0.3) is 0 Å². The fourth-order valence-electron chi connectivity index (χ4n) is 2.57. The predicted octanol–water partition coefficient (Wildman–Crippen LogP) is 3.80. The van der Waals surface area contributed by atoms with Gasteiger partial charge in [0.1, 0.15) is 0 Å². The number of hydrogen-bond donors (Lipinski definition) is 1. The van der Waals surface area contributed by atoms with Crippen LogP contribution in [0.25, 0.3) is 0 Å². The Balaban J connectivity index is 2.06. The fourth-order valence-corrected chi connectivity index (χ4v) is 2.57. The minimum absolute atomic E-state index is 0.0572. The summed E-state index contributed by atoms with van der Waals surface area (Å²) in [4.78, 5) is 4.55. The summed E-state index contributed by atoms with van der Waals surface area (Å²) in [6, 6.07) is -0.200. The van der Waals surface area contributed by atoms with Gasteiger partial charge < -0.3 is 10.3 Å². The average Bonchev–Trinajstić information content (AvgIpc) is 2.76. The maximum Gasteiger partial charge on any atom is 0.244 e. The molecule has 4 heteroatoms. The smallest absolute Gasteiger partial charge is 0.244 e. The Bertz CT molecular complexity index is 421. The summed E-state index contributed by atoms with van der Waals surface area (Å²) in [7, 11) is 0. The van der Waals surface area contributed by atoms with Crippen molar-refractivity contribution in [2.24, 2.45) is 16.6 Å². The Morgan fingerprint density at radius 3 is 2.37 bits per heavy atom. The fraction of sp³-hybridized carbons (Fsp3) is 0.867. The van der Waals surface area contributed by atoms with Crippen LogP contribution in [0, 0.1) is 10.8 Å². The number of rotatable bonds is 2. The normalized spacial score (nSPS) is 22.4. The van der Waals surface area contributed by atoms with E-state index >= 15 is 0 Å². The average molecular weight is 265 g/mol. The highest BCUT2D eigenvalue weighted by Gasteiger charge is 2.32. The second kappa shape index (κ2) is 4.89. The molecule has 2 N–H and O–H groups in total. The highest BCUT2D eigenvalue weighted by Crippen LogP contribution is 2.42. The molecule has 0 bridgehead atoms. The molecule has 108 valence electrons. The quantitative estimate of drug-likeness (QED) is 0.883. The molecular formula is C15H27N3O. The third-order valence-electron chi connectivity index (χ3n) is 4.36. The van der Waals surface area contributed by atoms with Crippen molar-refractivity contribution >= 4 is 0 Å². The van der Waals surface area contributed by atoms with Crippen molar-refractivity contribution in [2.45, 2.75) is 72.3 Å². The molecule has 0 radical (unpaired) electrons. The molecule has 1 fully saturated rings. The van der Waals surface area contributed by atoms with Crippen LogP contribution in [0.3, 0.4) is 0 Å². The van der Waals surface area contributed by atoms with Crippen molar-refractivity contribution < 1.29 is 4.52 Å². The highest BCUT2D eigenvalue weighted by molar-refractivity contribution is 5.02. The van der Waals surface area contributed by atoms with Crippen LogP contribution in [-0.4, -0.2) is 10.1 Å². The van der Waals surface area contributed by atoms with Gasteiger partial charge in [-0.05, 0) is 36.5 Å². The van der Waals surface area contributed by atoms with Gasteiger partial charge in [-0.2, -0.15) is 4.98 Å². The summed E-state index contributed by atoms with van der Waals surface area (Å²) in [6.07, 6.45) is 4.76. The Labute approximate surface area is 116 Å². The summed E-state index contributed by atoms with van der Waals surface area (Å²) in [5.74, 6) is 1.87. The van der Waals surface area contributed by atoms with Crippen LogP contribution < -0.4 is 5.73 Å². The van der Waals surface area contributed by atoms with Gasteiger partial charge in [-0.15, -0.1) is 0 Å². The monoisotopic (exact) mass is 265 g/mol. The molecule has 1 heterocycles. The first kappa shape index (κ1) is 14.5. The lowest BCUT2D eigenvalue weighted by Gasteiger charge is -2.32. The van der Waals surface area contributed by atoms with Gasteiger partial charge in [-0.25, -0.2) is 0 Å². The van der Waals surface area contributed by atoms with E-state index in [4.69, 9.17) is 10.3 Å². The number of aromatic nitrogens is 2. The number of nitrogens with two attached hydrogens (primary N) is 1. The van der Waals surface area contributed by atoms with E-state index in [2.05, 4.69) is 44.8 Å². The molecule has 0 unspecified atom stereocenters. The van der Waals surface area contributed by atoms with Crippen LogP contribution >= 0.6 is 0 Å². The first-order valence-corrected chi connectivity index (χ1v) is 7.28. The molecule has 0 aliphatic heterocycles. The molecule has 0 saturated heterocycles. The van der Waals surface area contributed by atoms with Gasteiger partial charge >= 0.3 is 0 Å². The third kappa shape index (κ3) is 3.35. The highest BCUT2D eigenvalue weighted by atomic mass is 16.5. The minimum atomic E-state index is -0.200. The molecule has 0 aromatic carbocycles. The van der Waals surface area contributed by atoms with Crippen LogP contribution in [0.1, 0.15) is 84.0 Å². The van der Waals surface area contributed by atoms with Crippen LogP contribution in [0.4, 0.5) is 0 Å². The summed E-state index contributed by atoms with van der Waals surface area (Å²) in [6.45, 7) is 10.9. The van der Waals surface area contributed by atoms with E-state index in [1.54, 1.807) is 0 Å². The van der Waals surface area contributed by atoms with Gasteiger partial charge in [-0.1, -0.05) is 39.8 Å². The molecule has 1 atom stereocenters. The second-order valence-corrected chi connectivity index (χ2v) is 7.77. The van der Waals surface area contributed by atoms with Crippen LogP contribution in [0.15, 0.2) is 4.52 Å². The zero-order valence-electron chi connectivity index (χ0n) is 12.9. The predicted molar refractivity (Wildman–Crippen MR) is 75.7 cm³/mol. The molecule has 0 spiro atoms. The minimum Gasteiger partial charge on any atom is -0.338 e. The largest absolute Gasteiger partial charge is 0.338 e. The first-order chi connectivity index (χ1) is 8.69. The summed E-state index contributed by atoms with van der Waals surface area (Å²) >= 11 is 0. The Morgan fingerprint density at radius 2 is 1.84 bits per heavy atom. The molecule has 2 rings (SSSR count). The Hall–Kier alpha value is -0.900. The molecule has 0 amide bonds. The van der Waals surface area contributed by atoms with Gasteiger partial charge in [0.15, 0.2) is 5.82 Å². The zero-order chi connectivity index (χ0) is 14.3. The lowest BCUT2D eigenvalue weighted by atomic mass is 9.73. The maximum absolute atomic E-state index is 6.16. The molecule has 1 saturated carbocycles. The van der Waals surface area contributed by atoms with Gasteiger partial charge in [0.05, 0.1) is 6.04 Å². The standard InChI is InChI=1S/C15H27N3O/c1-14(2,3)11(16)13-17-12(18-19-13)10-6-8-15(4,5)9-7-10/h10-11H,6-9,16H2,1-5H3/t11-/m1/s1. The summed E-state index contributed by atoms with van der Waals surface area (Å²) in [5, 5.41) is 4.16. The van der Waals surface area contributed by atoms with Crippen molar-refractivity contribution in [3.05, 3.63) is 11.7 Å². The molecule has 1 aromatic rings. The third-order valence-corrected chi connectivity index (χ3v) is 4.36. The first-order valence-electron chi connectivity index (χ1n) is 7.28. The molecule has 1 aliphatic carbocycles. The van der Waals surface area contributed by atoms with Crippen molar-refractivity contribution in [3.8, 4) is 0 Å². The van der Waals surface area contributed by atoms with E-state index in [1.165, 1.54) is 12.8 Å². The van der Waals surface area contributed by atoms with Crippen molar-refractivity contribution in [1.82, 2.24) is 10.1 Å². The van der Waals surface area contributed by atoms with Crippen molar-refractivity contribution in [3.63, 3.8) is 0 Å². The molecule has 4 nitrogen and oxygen atoms in total. The van der Waals surface area contributed by atoms with Gasteiger partial charge in [0.2, 0.25) is 5.89 Å². The van der Waals surface area contributed by atoms with Crippen molar-refractivity contribution in [2.75, 3.05) is 0 Å². The number of hydrogen-bond acceptors (Lipinski definition) is 4. The lowest BCUT2D eigenvalue weighted by molar-refractivity contribution is 0.217. The molecule has 1 aromatic heterocycles. The Kier molecular flexibility index (Phi) is 3.74. The van der Waals surface area contributed by atoms with E-state index in [0.717, 1.165) is 18.7 Å². The summed E-state index contributed by atoms with van der Waals surface area (Å²) < 4.78 is 5.37. The van der Waals surface area contributed by atoms with Crippen LogP contribution in [-0.2, 0) is 0 Å². The van der Waals surface area contributed by atoms with Gasteiger partial charge in [-0.3, -0.25) is 0 Å². The van der Waals surface area contributed by atoms with E-state index in [1.807, 2.05) is 0 Å². The topological polar surface area (TPSA) is 64.9 Å². The van der Waals surface area contributed by atoms with Gasteiger partial charge in [0, 0.05) is 5.92 Å². The molecule has 1 aliphatic rings. The molecule has 19 heavy (non-hydrogen) atoms. The Morgan fingerprint density at radius 1 is 1.26 bits per heavy atom. The summed E-state index contributed by atoms with van der Waals surface area (Å²) in [5.41, 5.74) is 6.57. The molecular weight excluding hydrogens is 238 g/mol.